The van der Waals surface area contributed by atoms with Gasteiger partial charge in [-0.3, -0.25) is 10.8 Å². The molecule has 0 aromatic heterocycles. The predicted molar refractivity (Wildman–Crippen MR) is 71.3 cm³/mol. The Kier molecular flexibility index (Phi) is 3.88. The van der Waals surface area contributed by atoms with Gasteiger partial charge in [0.15, 0.2) is 18.3 Å². The van der Waals surface area contributed by atoms with Crippen molar-refractivity contribution in [1.29, 1.82) is 10.8 Å². The van der Waals surface area contributed by atoms with Crippen LogP contribution in [0, 0.1) is 10.8 Å². The molecule has 18 heavy (non-hydrogen) atoms. The molecule has 1 aliphatic rings. The van der Waals surface area contributed by atoms with Gasteiger partial charge in [-0.1, -0.05) is 0 Å². The molecule has 2 rings (SSSR count). The largest absolute Gasteiger partial charge is 0.493 e. The molecule has 0 unspecified atom stereocenters. The molecular formula is C12H14N2O3S. The molecule has 0 fully saturated rings. The van der Waals surface area contributed by atoms with Crippen molar-refractivity contribution in [3.05, 3.63) is 23.3 Å². The van der Waals surface area contributed by atoms with Crippen molar-refractivity contribution in [3.8, 4) is 11.5 Å². The van der Waals surface area contributed by atoms with E-state index in [1.165, 1.54) is 11.8 Å². The van der Waals surface area contributed by atoms with Crippen LogP contribution in [0.25, 0.3) is 0 Å². The van der Waals surface area contributed by atoms with Gasteiger partial charge in [-0.25, -0.2) is 0 Å². The molecule has 1 heterocycles. The highest BCUT2D eigenvalue weighted by Crippen LogP contribution is 2.35. The first-order valence-corrected chi connectivity index (χ1v) is 6.53. The van der Waals surface area contributed by atoms with E-state index < -0.39 is 0 Å². The fourth-order valence-corrected chi connectivity index (χ4v) is 2.03. The molecule has 0 amide bonds. The standard InChI is InChI=1S/C12H14N2O3S/c1-15-9-4-7(10(13)12(14)18-2)3-8-5-16-6-17-11(8)9/h3-4,13-14H,5-6H2,1-2H3. The monoisotopic (exact) mass is 266 g/mol. The highest BCUT2D eigenvalue weighted by molar-refractivity contribution is 8.15. The summed E-state index contributed by atoms with van der Waals surface area (Å²) >= 11 is 1.23. The topological polar surface area (TPSA) is 75.4 Å². The van der Waals surface area contributed by atoms with Crippen LogP contribution >= 0.6 is 11.8 Å². The molecule has 0 saturated carbocycles. The van der Waals surface area contributed by atoms with E-state index in [0.29, 0.717) is 23.7 Å². The maximum absolute atomic E-state index is 7.94. The summed E-state index contributed by atoms with van der Waals surface area (Å²) in [5.74, 6) is 1.24. The summed E-state index contributed by atoms with van der Waals surface area (Å²) in [5.41, 5.74) is 1.66. The van der Waals surface area contributed by atoms with Crippen LogP contribution in [0.1, 0.15) is 11.1 Å². The molecule has 0 radical (unpaired) electrons. The second kappa shape index (κ2) is 5.41. The van der Waals surface area contributed by atoms with Gasteiger partial charge < -0.3 is 14.2 Å². The van der Waals surface area contributed by atoms with Gasteiger partial charge in [0.25, 0.3) is 0 Å². The molecule has 1 aliphatic heterocycles. The number of benzene rings is 1. The fourth-order valence-electron chi connectivity index (χ4n) is 1.71. The Morgan fingerprint density at radius 3 is 2.83 bits per heavy atom. The Morgan fingerprint density at radius 2 is 2.17 bits per heavy atom. The third-order valence-electron chi connectivity index (χ3n) is 2.62. The van der Waals surface area contributed by atoms with E-state index in [4.69, 9.17) is 25.0 Å². The Labute approximate surface area is 109 Å². The summed E-state index contributed by atoms with van der Waals surface area (Å²) < 4.78 is 15.9. The van der Waals surface area contributed by atoms with Gasteiger partial charge in [0.2, 0.25) is 0 Å². The van der Waals surface area contributed by atoms with Crippen molar-refractivity contribution in [2.75, 3.05) is 20.2 Å². The molecule has 1 aromatic carbocycles. The molecule has 96 valence electrons. The van der Waals surface area contributed by atoms with Crippen molar-refractivity contribution >= 4 is 22.5 Å². The lowest BCUT2D eigenvalue weighted by molar-refractivity contribution is -0.0180. The second-order valence-electron chi connectivity index (χ2n) is 3.69. The van der Waals surface area contributed by atoms with E-state index in [1.54, 1.807) is 19.4 Å². The first-order valence-electron chi connectivity index (χ1n) is 5.30. The second-order valence-corrected chi connectivity index (χ2v) is 4.50. The lowest BCUT2D eigenvalue weighted by Gasteiger charge is -2.21. The summed E-state index contributed by atoms with van der Waals surface area (Å²) in [6.07, 6.45) is 1.78. The van der Waals surface area contributed by atoms with Crippen molar-refractivity contribution in [1.82, 2.24) is 0 Å². The van der Waals surface area contributed by atoms with Crippen LogP contribution < -0.4 is 9.47 Å². The SMILES string of the molecule is COc1cc(C(=N)C(=N)SC)cc2c1OCOC2. The van der Waals surface area contributed by atoms with Crippen molar-refractivity contribution in [2.24, 2.45) is 0 Å². The van der Waals surface area contributed by atoms with Crippen LogP contribution in [0.3, 0.4) is 0 Å². The van der Waals surface area contributed by atoms with Gasteiger partial charge in [-0.05, 0) is 18.4 Å². The summed E-state index contributed by atoms with van der Waals surface area (Å²) in [6, 6.07) is 3.53. The van der Waals surface area contributed by atoms with E-state index >= 15 is 0 Å². The highest BCUT2D eigenvalue weighted by Gasteiger charge is 2.19. The minimum absolute atomic E-state index is 0.175. The number of thioether (sulfide) groups is 1. The zero-order chi connectivity index (χ0) is 13.1. The Morgan fingerprint density at radius 1 is 1.39 bits per heavy atom. The lowest BCUT2D eigenvalue weighted by atomic mass is 10.0. The third-order valence-corrected chi connectivity index (χ3v) is 3.23. The number of fused-ring (bicyclic) bond motifs is 1. The first-order chi connectivity index (χ1) is 8.67. The normalized spacial score (nSPS) is 13.4. The van der Waals surface area contributed by atoms with Gasteiger partial charge in [0.1, 0.15) is 5.04 Å². The van der Waals surface area contributed by atoms with Crippen LogP contribution in [-0.4, -0.2) is 30.9 Å². The number of ether oxygens (including phenoxy) is 3. The number of hydrogen-bond acceptors (Lipinski definition) is 6. The first kappa shape index (κ1) is 12.9. The third kappa shape index (κ3) is 2.34. The molecule has 0 spiro atoms. The highest BCUT2D eigenvalue weighted by atomic mass is 32.2. The van der Waals surface area contributed by atoms with Crippen molar-refractivity contribution in [2.45, 2.75) is 6.61 Å². The zero-order valence-corrected chi connectivity index (χ0v) is 11.0. The van der Waals surface area contributed by atoms with Gasteiger partial charge in [0, 0.05) is 11.1 Å². The minimum atomic E-state index is 0.175. The van der Waals surface area contributed by atoms with E-state index in [1.807, 2.05) is 6.07 Å². The van der Waals surface area contributed by atoms with E-state index in [0.717, 1.165) is 5.56 Å². The minimum Gasteiger partial charge on any atom is -0.493 e. The van der Waals surface area contributed by atoms with Gasteiger partial charge >= 0.3 is 0 Å². The van der Waals surface area contributed by atoms with Crippen molar-refractivity contribution < 1.29 is 14.2 Å². The van der Waals surface area contributed by atoms with Gasteiger partial charge in [-0.15, -0.1) is 11.8 Å². The molecule has 2 N–H and O–H groups in total. The predicted octanol–water partition coefficient (Wildman–Crippen LogP) is 2.27. The Balaban J connectivity index is 2.44. The van der Waals surface area contributed by atoms with E-state index in [9.17, 15) is 0 Å². The number of hydrogen-bond donors (Lipinski definition) is 2. The summed E-state index contributed by atoms with van der Waals surface area (Å²) in [5, 5.41) is 15.8. The molecule has 1 aromatic rings. The molecular weight excluding hydrogens is 252 g/mol. The van der Waals surface area contributed by atoms with Gasteiger partial charge in [-0.2, -0.15) is 0 Å². The summed E-state index contributed by atoms with van der Waals surface area (Å²) in [6.45, 7) is 0.639. The van der Waals surface area contributed by atoms with Crippen molar-refractivity contribution in [3.63, 3.8) is 0 Å². The molecule has 5 nitrogen and oxygen atoms in total. The maximum Gasteiger partial charge on any atom is 0.189 e. The fraction of sp³-hybridized carbons (Fsp3) is 0.333. The molecule has 0 atom stereocenters. The Hall–Kier alpha value is -1.53. The van der Waals surface area contributed by atoms with Gasteiger partial charge in [0.05, 0.1) is 19.4 Å². The molecule has 6 heteroatoms. The Bertz CT molecular complexity index is 485. The van der Waals surface area contributed by atoms with Crippen LogP contribution in [0.5, 0.6) is 11.5 Å². The summed E-state index contributed by atoms with van der Waals surface area (Å²) in [4.78, 5) is 0. The zero-order valence-electron chi connectivity index (χ0n) is 10.2. The molecule has 0 aliphatic carbocycles. The summed E-state index contributed by atoms with van der Waals surface area (Å²) in [7, 11) is 1.56. The average Bonchev–Trinajstić information content (AvgIpc) is 2.44. The lowest BCUT2D eigenvalue weighted by Crippen LogP contribution is -2.15. The smallest absolute Gasteiger partial charge is 0.189 e. The van der Waals surface area contributed by atoms with Crippen LogP contribution in [-0.2, 0) is 11.3 Å². The number of nitrogens with one attached hydrogen (secondary N) is 2. The quantitative estimate of drug-likeness (QED) is 0.650. The number of rotatable bonds is 3. The van der Waals surface area contributed by atoms with E-state index in [2.05, 4.69) is 0 Å². The number of methoxy groups -OCH3 is 1. The molecule has 0 bridgehead atoms. The van der Waals surface area contributed by atoms with Crippen LogP contribution in [0.15, 0.2) is 12.1 Å². The van der Waals surface area contributed by atoms with Crippen LogP contribution in [0.2, 0.25) is 0 Å². The average molecular weight is 266 g/mol. The van der Waals surface area contributed by atoms with Crippen LogP contribution in [0.4, 0.5) is 0 Å². The molecule has 0 saturated heterocycles. The maximum atomic E-state index is 7.94. The van der Waals surface area contributed by atoms with E-state index in [-0.39, 0.29) is 17.5 Å².